The van der Waals surface area contributed by atoms with Crippen LogP contribution in [0.4, 0.5) is 4.79 Å². The third kappa shape index (κ3) is 3.09. The second-order valence-electron chi connectivity index (χ2n) is 4.38. The highest BCUT2D eigenvalue weighted by Crippen LogP contribution is 2.39. The molecule has 0 radical (unpaired) electrons. The molecule has 1 aliphatic carbocycles. The van der Waals surface area contributed by atoms with Gasteiger partial charge in [0.1, 0.15) is 0 Å². The van der Waals surface area contributed by atoms with Gasteiger partial charge in [-0.2, -0.15) is 0 Å². The fourth-order valence-electron chi connectivity index (χ4n) is 2.16. The van der Waals surface area contributed by atoms with Crippen molar-refractivity contribution in [1.82, 2.24) is 5.32 Å². The Labute approximate surface area is 101 Å². The summed E-state index contributed by atoms with van der Waals surface area (Å²) in [4.78, 5) is 10.5. The molecule has 2 rings (SSSR count). The van der Waals surface area contributed by atoms with Crippen molar-refractivity contribution >= 4 is 12.2 Å². The van der Waals surface area contributed by atoms with E-state index in [1.807, 2.05) is 18.2 Å². The smallest absolute Gasteiger partial charge is 0.404 e. The summed E-state index contributed by atoms with van der Waals surface area (Å²) < 4.78 is 0. The van der Waals surface area contributed by atoms with Crippen molar-refractivity contribution in [2.75, 3.05) is 0 Å². The van der Waals surface area contributed by atoms with Crippen LogP contribution < -0.4 is 5.32 Å². The molecule has 0 saturated heterocycles. The molecule has 2 atom stereocenters. The van der Waals surface area contributed by atoms with Crippen LogP contribution in [0.3, 0.4) is 0 Å². The van der Waals surface area contributed by atoms with Crippen LogP contribution >= 0.6 is 0 Å². The summed E-state index contributed by atoms with van der Waals surface area (Å²) in [5.41, 5.74) is 2.51. The standard InChI is InChI=1S/C14H17NO2/c1-2-11(8-10-6-4-3-5-7-10)12-9-13(12)15-14(16)17/h3-8,12-13,15H,2,9H2,1H3,(H,16,17)/b11-8+. The molecule has 0 aromatic heterocycles. The predicted octanol–water partition coefficient (Wildman–Crippen LogP) is 3.14. The van der Waals surface area contributed by atoms with Crippen molar-refractivity contribution < 1.29 is 9.90 Å². The maximum absolute atomic E-state index is 10.5. The fourth-order valence-corrected chi connectivity index (χ4v) is 2.16. The lowest BCUT2D eigenvalue weighted by Crippen LogP contribution is -2.24. The van der Waals surface area contributed by atoms with Crippen LogP contribution in [0, 0.1) is 5.92 Å². The second-order valence-corrected chi connectivity index (χ2v) is 4.38. The maximum atomic E-state index is 10.5. The quantitative estimate of drug-likeness (QED) is 0.836. The van der Waals surface area contributed by atoms with E-state index in [2.05, 4.69) is 30.4 Å². The molecule has 1 fully saturated rings. The van der Waals surface area contributed by atoms with E-state index in [4.69, 9.17) is 5.11 Å². The van der Waals surface area contributed by atoms with Crippen LogP contribution in [0.1, 0.15) is 25.3 Å². The normalized spacial score (nSPS) is 23.2. The van der Waals surface area contributed by atoms with Crippen LogP contribution in [0.25, 0.3) is 6.08 Å². The van der Waals surface area contributed by atoms with Crippen molar-refractivity contribution in [3.63, 3.8) is 0 Å². The molecule has 1 saturated carbocycles. The van der Waals surface area contributed by atoms with Gasteiger partial charge in [-0.05, 0) is 18.4 Å². The number of rotatable bonds is 4. The summed E-state index contributed by atoms with van der Waals surface area (Å²) in [6.45, 7) is 2.12. The zero-order valence-corrected chi connectivity index (χ0v) is 9.89. The average Bonchev–Trinajstić information content (AvgIpc) is 3.05. The van der Waals surface area contributed by atoms with Crippen LogP contribution in [0.2, 0.25) is 0 Å². The molecule has 1 aromatic carbocycles. The highest BCUT2D eigenvalue weighted by atomic mass is 16.4. The number of carboxylic acid groups (broad SMARTS) is 1. The Hall–Kier alpha value is -1.77. The Bertz CT molecular complexity index is 425. The largest absolute Gasteiger partial charge is 0.465 e. The van der Waals surface area contributed by atoms with Crippen LogP contribution in [0.15, 0.2) is 35.9 Å². The zero-order chi connectivity index (χ0) is 12.3. The maximum Gasteiger partial charge on any atom is 0.404 e. The van der Waals surface area contributed by atoms with Gasteiger partial charge in [0.2, 0.25) is 0 Å². The van der Waals surface area contributed by atoms with Gasteiger partial charge in [-0.1, -0.05) is 48.9 Å². The first-order chi connectivity index (χ1) is 8.20. The summed E-state index contributed by atoms with van der Waals surface area (Å²) in [5, 5.41) is 11.2. The van der Waals surface area contributed by atoms with Crippen LogP contribution in [0.5, 0.6) is 0 Å². The lowest BCUT2D eigenvalue weighted by molar-refractivity contribution is 0.193. The first-order valence-electron chi connectivity index (χ1n) is 5.95. The van der Waals surface area contributed by atoms with Gasteiger partial charge in [0.25, 0.3) is 0 Å². The van der Waals surface area contributed by atoms with Crippen LogP contribution in [-0.4, -0.2) is 17.2 Å². The topological polar surface area (TPSA) is 49.3 Å². The van der Waals surface area contributed by atoms with Gasteiger partial charge in [-0.25, -0.2) is 4.79 Å². The molecule has 3 heteroatoms. The summed E-state index contributed by atoms with van der Waals surface area (Å²) in [6, 6.07) is 10.3. The number of amides is 1. The van der Waals surface area contributed by atoms with Crippen molar-refractivity contribution in [1.29, 1.82) is 0 Å². The Morgan fingerprint density at radius 1 is 1.47 bits per heavy atom. The average molecular weight is 231 g/mol. The number of nitrogens with one attached hydrogen (secondary N) is 1. The third-order valence-corrected chi connectivity index (χ3v) is 3.14. The molecule has 0 heterocycles. The van der Waals surface area contributed by atoms with Gasteiger partial charge >= 0.3 is 6.09 Å². The van der Waals surface area contributed by atoms with E-state index in [-0.39, 0.29) is 6.04 Å². The lowest BCUT2D eigenvalue weighted by Gasteiger charge is -2.04. The fraction of sp³-hybridized carbons (Fsp3) is 0.357. The summed E-state index contributed by atoms with van der Waals surface area (Å²) in [6.07, 6.45) is 3.15. The molecule has 1 amide bonds. The van der Waals surface area contributed by atoms with Gasteiger partial charge in [-0.3, -0.25) is 0 Å². The van der Waals surface area contributed by atoms with Crippen molar-refractivity contribution in [3.8, 4) is 0 Å². The Balaban J connectivity index is 2.04. The van der Waals surface area contributed by atoms with Gasteiger partial charge in [-0.15, -0.1) is 0 Å². The number of carbonyl (C=O) groups is 1. The first-order valence-corrected chi connectivity index (χ1v) is 5.95. The molecule has 90 valence electrons. The van der Waals surface area contributed by atoms with E-state index in [0.29, 0.717) is 5.92 Å². The molecule has 2 N–H and O–H groups in total. The number of benzene rings is 1. The molecule has 1 aromatic rings. The first kappa shape index (κ1) is 11.7. The molecule has 0 spiro atoms. The van der Waals surface area contributed by atoms with Crippen molar-refractivity contribution in [2.24, 2.45) is 5.92 Å². The van der Waals surface area contributed by atoms with Gasteiger partial charge < -0.3 is 10.4 Å². The molecule has 3 nitrogen and oxygen atoms in total. The monoisotopic (exact) mass is 231 g/mol. The predicted molar refractivity (Wildman–Crippen MR) is 67.8 cm³/mol. The van der Waals surface area contributed by atoms with E-state index in [9.17, 15) is 4.79 Å². The molecular formula is C14H17NO2. The SMILES string of the molecule is CC/C(=C\c1ccccc1)C1CC1NC(=O)O. The lowest BCUT2D eigenvalue weighted by atomic mass is 10.0. The number of hydrogen-bond donors (Lipinski definition) is 2. The Kier molecular flexibility index (Phi) is 3.47. The highest BCUT2D eigenvalue weighted by molar-refractivity contribution is 5.66. The van der Waals surface area contributed by atoms with E-state index >= 15 is 0 Å². The molecule has 17 heavy (non-hydrogen) atoms. The van der Waals surface area contributed by atoms with E-state index in [0.717, 1.165) is 12.8 Å². The summed E-state index contributed by atoms with van der Waals surface area (Å²) in [5.74, 6) is 0.385. The molecular weight excluding hydrogens is 214 g/mol. The molecule has 2 unspecified atom stereocenters. The summed E-state index contributed by atoms with van der Waals surface area (Å²) in [7, 11) is 0. The minimum absolute atomic E-state index is 0.113. The van der Waals surface area contributed by atoms with Crippen molar-refractivity contribution in [2.45, 2.75) is 25.8 Å². The van der Waals surface area contributed by atoms with Gasteiger partial charge in [0.15, 0.2) is 0 Å². The third-order valence-electron chi connectivity index (χ3n) is 3.14. The van der Waals surface area contributed by atoms with Crippen molar-refractivity contribution in [3.05, 3.63) is 41.5 Å². The van der Waals surface area contributed by atoms with Gasteiger partial charge in [0, 0.05) is 12.0 Å². The Morgan fingerprint density at radius 2 is 2.18 bits per heavy atom. The van der Waals surface area contributed by atoms with E-state index < -0.39 is 6.09 Å². The van der Waals surface area contributed by atoms with E-state index in [1.165, 1.54) is 11.1 Å². The summed E-state index contributed by atoms with van der Waals surface area (Å²) >= 11 is 0. The minimum atomic E-state index is -0.923. The van der Waals surface area contributed by atoms with Gasteiger partial charge in [0.05, 0.1) is 0 Å². The van der Waals surface area contributed by atoms with Crippen LogP contribution in [-0.2, 0) is 0 Å². The highest BCUT2D eigenvalue weighted by Gasteiger charge is 2.40. The van der Waals surface area contributed by atoms with E-state index in [1.54, 1.807) is 0 Å². The molecule has 0 bridgehead atoms. The number of hydrogen-bond acceptors (Lipinski definition) is 1. The minimum Gasteiger partial charge on any atom is -0.465 e. The molecule has 0 aliphatic heterocycles. The zero-order valence-electron chi connectivity index (χ0n) is 9.89. The molecule has 1 aliphatic rings. The second kappa shape index (κ2) is 5.04. The Morgan fingerprint density at radius 3 is 2.76 bits per heavy atom.